The van der Waals surface area contributed by atoms with E-state index in [4.69, 9.17) is 9.97 Å². The minimum atomic E-state index is 0.621. The van der Waals surface area contributed by atoms with Crippen molar-refractivity contribution >= 4 is 49.8 Å². The molecular formula is C16H14IN3S. The predicted octanol–water partition coefficient (Wildman–Crippen LogP) is 4.88. The lowest BCUT2D eigenvalue weighted by Crippen LogP contribution is -2.04. The fraction of sp³-hybridized carbons (Fsp3) is 0.250. The highest BCUT2D eigenvalue weighted by Crippen LogP contribution is 2.43. The van der Waals surface area contributed by atoms with Gasteiger partial charge < -0.3 is 5.32 Å². The highest BCUT2D eigenvalue weighted by Gasteiger charge is 2.29. The van der Waals surface area contributed by atoms with Gasteiger partial charge in [-0.15, -0.1) is 11.3 Å². The standard InChI is InChI=1S/C16H14IN3S/c1-18-16-13(17)14(9-6-7-9)19-15(20-16)11-8-21-12-5-3-2-4-10(11)12/h2-5,8-9H,6-7H2,1H3,(H,18,19,20). The molecule has 1 aromatic carbocycles. The maximum Gasteiger partial charge on any atom is 0.163 e. The second-order valence-corrected chi connectivity index (χ2v) is 7.25. The van der Waals surface area contributed by atoms with Crippen LogP contribution in [0, 0.1) is 3.57 Å². The van der Waals surface area contributed by atoms with Crippen molar-refractivity contribution in [3.63, 3.8) is 0 Å². The molecule has 0 unspecified atom stereocenters. The van der Waals surface area contributed by atoms with Crippen molar-refractivity contribution in [1.82, 2.24) is 9.97 Å². The Kier molecular flexibility index (Phi) is 3.34. The number of benzene rings is 1. The van der Waals surface area contributed by atoms with E-state index in [2.05, 4.69) is 57.6 Å². The van der Waals surface area contributed by atoms with Gasteiger partial charge in [-0.25, -0.2) is 9.97 Å². The number of hydrogen-bond donors (Lipinski definition) is 1. The maximum absolute atomic E-state index is 4.88. The summed E-state index contributed by atoms with van der Waals surface area (Å²) >= 11 is 4.12. The molecule has 2 heterocycles. The van der Waals surface area contributed by atoms with Crippen LogP contribution in [0.4, 0.5) is 5.82 Å². The van der Waals surface area contributed by atoms with E-state index < -0.39 is 0 Å². The topological polar surface area (TPSA) is 37.8 Å². The molecule has 1 N–H and O–H groups in total. The van der Waals surface area contributed by atoms with Gasteiger partial charge in [0, 0.05) is 34.0 Å². The lowest BCUT2D eigenvalue weighted by molar-refractivity contribution is 0.980. The monoisotopic (exact) mass is 407 g/mol. The van der Waals surface area contributed by atoms with E-state index in [1.165, 1.54) is 32.2 Å². The molecule has 106 valence electrons. The molecule has 0 radical (unpaired) electrons. The maximum atomic E-state index is 4.88. The summed E-state index contributed by atoms with van der Waals surface area (Å²) in [6, 6.07) is 8.45. The van der Waals surface area contributed by atoms with Crippen molar-refractivity contribution in [3.05, 3.63) is 38.9 Å². The molecule has 3 aromatic rings. The molecule has 5 heteroatoms. The second kappa shape index (κ2) is 5.21. The highest BCUT2D eigenvalue weighted by molar-refractivity contribution is 14.1. The van der Waals surface area contributed by atoms with Crippen molar-refractivity contribution in [2.75, 3.05) is 12.4 Å². The number of nitrogens with one attached hydrogen (secondary N) is 1. The van der Waals surface area contributed by atoms with Gasteiger partial charge in [-0.2, -0.15) is 0 Å². The van der Waals surface area contributed by atoms with Gasteiger partial charge in [-0.3, -0.25) is 0 Å². The molecule has 1 fully saturated rings. The molecule has 0 saturated heterocycles. The number of thiophene rings is 1. The van der Waals surface area contributed by atoms with Gasteiger partial charge in [0.15, 0.2) is 5.82 Å². The number of nitrogens with zero attached hydrogens (tertiary/aromatic N) is 2. The first-order valence-corrected chi connectivity index (χ1v) is 8.95. The van der Waals surface area contributed by atoms with E-state index in [1.807, 2.05) is 7.05 Å². The van der Waals surface area contributed by atoms with E-state index >= 15 is 0 Å². The lowest BCUT2D eigenvalue weighted by atomic mass is 10.1. The minimum Gasteiger partial charge on any atom is -0.372 e. The van der Waals surface area contributed by atoms with Crippen molar-refractivity contribution in [2.45, 2.75) is 18.8 Å². The molecule has 1 saturated carbocycles. The fourth-order valence-corrected chi connectivity index (χ4v) is 4.42. The quantitative estimate of drug-likeness (QED) is 0.629. The summed E-state index contributed by atoms with van der Waals surface area (Å²) in [6.45, 7) is 0. The summed E-state index contributed by atoms with van der Waals surface area (Å²) < 4.78 is 2.45. The van der Waals surface area contributed by atoms with Crippen LogP contribution < -0.4 is 5.32 Å². The molecule has 4 rings (SSSR count). The van der Waals surface area contributed by atoms with Crippen LogP contribution in [0.2, 0.25) is 0 Å². The third-order valence-corrected chi connectivity index (χ3v) is 5.83. The molecule has 1 aliphatic carbocycles. The summed E-state index contributed by atoms with van der Waals surface area (Å²) in [5.74, 6) is 2.41. The van der Waals surface area contributed by atoms with Crippen LogP contribution >= 0.6 is 33.9 Å². The van der Waals surface area contributed by atoms with Crippen LogP contribution in [-0.4, -0.2) is 17.0 Å². The zero-order valence-corrected chi connectivity index (χ0v) is 14.5. The molecule has 0 bridgehead atoms. The Labute approximate surface area is 141 Å². The summed E-state index contributed by atoms with van der Waals surface area (Å²) in [7, 11) is 1.93. The lowest BCUT2D eigenvalue weighted by Gasteiger charge is -2.10. The molecule has 0 spiro atoms. The molecule has 0 aliphatic heterocycles. The number of fused-ring (bicyclic) bond motifs is 1. The van der Waals surface area contributed by atoms with Gasteiger partial charge in [0.05, 0.1) is 9.26 Å². The zero-order valence-electron chi connectivity index (χ0n) is 11.6. The second-order valence-electron chi connectivity index (χ2n) is 5.26. The normalized spacial score (nSPS) is 14.6. The SMILES string of the molecule is CNc1nc(-c2csc3ccccc23)nc(C2CC2)c1I. The van der Waals surface area contributed by atoms with Gasteiger partial charge in [-0.05, 0) is 41.5 Å². The van der Waals surface area contributed by atoms with Crippen molar-refractivity contribution in [2.24, 2.45) is 0 Å². The Morgan fingerprint density at radius 3 is 2.81 bits per heavy atom. The Morgan fingerprint density at radius 2 is 2.05 bits per heavy atom. The molecule has 1 aliphatic rings. The largest absolute Gasteiger partial charge is 0.372 e. The Morgan fingerprint density at radius 1 is 1.24 bits per heavy atom. The zero-order chi connectivity index (χ0) is 14.4. The third-order valence-electron chi connectivity index (χ3n) is 3.80. The van der Waals surface area contributed by atoms with Gasteiger partial charge >= 0.3 is 0 Å². The van der Waals surface area contributed by atoms with E-state index in [-0.39, 0.29) is 0 Å². The molecule has 3 nitrogen and oxygen atoms in total. The van der Waals surface area contributed by atoms with Crippen molar-refractivity contribution in [3.8, 4) is 11.4 Å². The summed E-state index contributed by atoms with van der Waals surface area (Å²) in [6.07, 6.45) is 2.50. The summed E-state index contributed by atoms with van der Waals surface area (Å²) in [4.78, 5) is 9.61. The van der Waals surface area contributed by atoms with E-state index in [0.29, 0.717) is 5.92 Å². The average Bonchev–Trinajstić information content (AvgIpc) is 3.27. The number of aromatic nitrogens is 2. The minimum absolute atomic E-state index is 0.621. The summed E-state index contributed by atoms with van der Waals surface area (Å²) in [5, 5.41) is 6.63. The Bertz CT molecular complexity index is 824. The first-order valence-electron chi connectivity index (χ1n) is 6.99. The molecule has 0 amide bonds. The van der Waals surface area contributed by atoms with Gasteiger partial charge in [0.1, 0.15) is 5.82 Å². The Balaban J connectivity index is 1.93. The van der Waals surface area contributed by atoms with Crippen molar-refractivity contribution in [1.29, 1.82) is 0 Å². The van der Waals surface area contributed by atoms with Gasteiger partial charge in [-0.1, -0.05) is 18.2 Å². The van der Waals surface area contributed by atoms with Crippen LogP contribution in [0.15, 0.2) is 29.6 Å². The van der Waals surface area contributed by atoms with Crippen LogP contribution in [0.3, 0.4) is 0 Å². The molecule has 2 aromatic heterocycles. The van der Waals surface area contributed by atoms with E-state index in [1.54, 1.807) is 11.3 Å². The smallest absolute Gasteiger partial charge is 0.163 e. The molecule has 0 atom stereocenters. The van der Waals surface area contributed by atoms with Crippen LogP contribution in [0.1, 0.15) is 24.5 Å². The number of anilines is 1. The first kappa shape index (κ1) is 13.5. The van der Waals surface area contributed by atoms with E-state index in [9.17, 15) is 0 Å². The molecular weight excluding hydrogens is 393 g/mol. The molecule has 21 heavy (non-hydrogen) atoms. The predicted molar refractivity (Wildman–Crippen MR) is 97.1 cm³/mol. The number of halogens is 1. The van der Waals surface area contributed by atoms with Crippen LogP contribution in [0.5, 0.6) is 0 Å². The third kappa shape index (κ3) is 2.32. The van der Waals surface area contributed by atoms with Crippen LogP contribution in [0.25, 0.3) is 21.5 Å². The highest BCUT2D eigenvalue weighted by atomic mass is 127. The first-order chi connectivity index (χ1) is 10.3. The Hall–Kier alpha value is -1.21. The van der Waals surface area contributed by atoms with Gasteiger partial charge in [0.25, 0.3) is 0 Å². The number of rotatable bonds is 3. The summed E-state index contributed by atoms with van der Waals surface area (Å²) in [5.41, 5.74) is 2.35. The average molecular weight is 407 g/mol. The number of hydrogen-bond acceptors (Lipinski definition) is 4. The van der Waals surface area contributed by atoms with E-state index in [0.717, 1.165) is 17.2 Å². The van der Waals surface area contributed by atoms with Gasteiger partial charge in [0.2, 0.25) is 0 Å². The fourth-order valence-electron chi connectivity index (χ4n) is 2.53. The van der Waals surface area contributed by atoms with Crippen molar-refractivity contribution < 1.29 is 0 Å². The van der Waals surface area contributed by atoms with Crippen LogP contribution in [-0.2, 0) is 0 Å².